The predicted molar refractivity (Wildman–Crippen MR) is 80.5 cm³/mol. The van der Waals surface area contributed by atoms with Gasteiger partial charge in [0.2, 0.25) is 0 Å². The fourth-order valence-corrected chi connectivity index (χ4v) is 2.82. The van der Waals surface area contributed by atoms with E-state index in [0.29, 0.717) is 13.2 Å². The van der Waals surface area contributed by atoms with Crippen molar-refractivity contribution in [2.75, 3.05) is 19.7 Å². The van der Waals surface area contributed by atoms with E-state index in [1.165, 1.54) is 6.07 Å². The van der Waals surface area contributed by atoms with Crippen molar-refractivity contribution in [2.24, 2.45) is 0 Å². The standard InChI is InChI=1S/C17H19F2NO3/c1-12(15-6-3-8-21-15)20-7-9-22-16(11-20)13-4-2-5-14(10-13)23-17(18)19/h2-6,8,10,12,16-17H,7,9,11H2,1H3/t12-,16-/m0/s1. The van der Waals surface area contributed by atoms with Gasteiger partial charge >= 0.3 is 6.61 Å². The van der Waals surface area contributed by atoms with E-state index in [0.717, 1.165) is 17.9 Å². The quantitative estimate of drug-likeness (QED) is 0.832. The smallest absolute Gasteiger partial charge is 0.387 e. The molecule has 0 amide bonds. The molecule has 1 aromatic heterocycles. The molecule has 23 heavy (non-hydrogen) atoms. The summed E-state index contributed by atoms with van der Waals surface area (Å²) in [6.07, 6.45) is 1.48. The van der Waals surface area contributed by atoms with Crippen molar-refractivity contribution in [1.29, 1.82) is 0 Å². The number of benzene rings is 1. The molecule has 0 bridgehead atoms. The van der Waals surface area contributed by atoms with Crippen molar-refractivity contribution in [3.8, 4) is 5.75 Å². The number of rotatable bonds is 5. The van der Waals surface area contributed by atoms with Gasteiger partial charge in [-0.1, -0.05) is 12.1 Å². The van der Waals surface area contributed by atoms with Crippen molar-refractivity contribution in [3.63, 3.8) is 0 Å². The molecule has 2 atom stereocenters. The second kappa shape index (κ2) is 7.10. The number of nitrogens with zero attached hydrogens (tertiary/aromatic N) is 1. The number of furan rings is 1. The van der Waals surface area contributed by atoms with Gasteiger partial charge in [0.05, 0.1) is 25.0 Å². The Kier molecular flexibility index (Phi) is 4.93. The summed E-state index contributed by atoms with van der Waals surface area (Å²) in [5.74, 6) is 1.05. The van der Waals surface area contributed by atoms with E-state index < -0.39 is 6.61 Å². The Labute approximate surface area is 133 Å². The lowest BCUT2D eigenvalue weighted by Crippen LogP contribution is -2.39. The lowest BCUT2D eigenvalue weighted by molar-refractivity contribution is -0.0524. The molecule has 0 spiro atoms. The third-order valence-corrected chi connectivity index (χ3v) is 4.06. The van der Waals surface area contributed by atoms with E-state index in [1.807, 2.05) is 18.2 Å². The highest BCUT2D eigenvalue weighted by atomic mass is 19.3. The summed E-state index contributed by atoms with van der Waals surface area (Å²) in [5, 5.41) is 0. The van der Waals surface area contributed by atoms with Crippen LogP contribution in [0.3, 0.4) is 0 Å². The Morgan fingerprint density at radius 1 is 1.26 bits per heavy atom. The van der Waals surface area contributed by atoms with Crippen LogP contribution in [0.5, 0.6) is 5.75 Å². The monoisotopic (exact) mass is 323 g/mol. The number of ether oxygens (including phenoxy) is 2. The zero-order valence-electron chi connectivity index (χ0n) is 12.8. The summed E-state index contributed by atoms with van der Waals surface area (Å²) in [4.78, 5) is 2.26. The van der Waals surface area contributed by atoms with Crippen LogP contribution in [0.15, 0.2) is 47.1 Å². The minimum absolute atomic E-state index is 0.136. The van der Waals surface area contributed by atoms with Crippen LogP contribution < -0.4 is 4.74 Å². The summed E-state index contributed by atoms with van der Waals surface area (Å²) in [6.45, 7) is 1.30. The van der Waals surface area contributed by atoms with Crippen LogP contribution in [0.1, 0.15) is 30.4 Å². The number of hydrogen-bond acceptors (Lipinski definition) is 4. The van der Waals surface area contributed by atoms with Crippen LogP contribution in [0.2, 0.25) is 0 Å². The molecule has 1 fully saturated rings. The van der Waals surface area contributed by atoms with E-state index in [9.17, 15) is 8.78 Å². The van der Waals surface area contributed by atoms with Crippen molar-refractivity contribution < 1.29 is 22.7 Å². The molecule has 1 aromatic carbocycles. The number of halogens is 2. The first-order valence-corrected chi connectivity index (χ1v) is 7.57. The Hall–Kier alpha value is -1.92. The highest BCUT2D eigenvalue weighted by Gasteiger charge is 2.27. The SMILES string of the molecule is C[C@@H](c1ccco1)N1CCO[C@H](c2cccc(OC(F)F)c2)C1. The first kappa shape index (κ1) is 16.0. The van der Waals surface area contributed by atoms with Crippen LogP contribution in [0.25, 0.3) is 0 Å². The number of morpholine rings is 1. The Morgan fingerprint density at radius 2 is 2.13 bits per heavy atom. The second-order valence-electron chi connectivity index (χ2n) is 5.50. The molecule has 6 heteroatoms. The highest BCUT2D eigenvalue weighted by Crippen LogP contribution is 2.30. The Balaban J connectivity index is 1.71. The minimum Gasteiger partial charge on any atom is -0.468 e. The van der Waals surface area contributed by atoms with Gasteiger partial charge < -0.3 is 13.9 Å². The van der Waals surface area contributed by atoms with Gasteiger partial charge in [-0.2, -0.15) is 8.78 Å². The second-order valence-corrected chi connectivity index (χ2v) is 5.50. The topological polar surface area (TPSA) is 34.8 Å². The van der Waals surface area contributed by atoms with Gasteiger partial charge in [0.25, 0.3) is 0 Å². The van der Waals surface area contributed by atoms with E-state index >= 15 is 0 Å². The van der Waals surface area contributed by atoms with E-state index in [-0.39, 0.29) is 17.9 Å². The average Bonchev–Trinajstić information content (AvgIpc) is 3.08. The molecule has 0 unspecified atom stereocenters. The van der Waals surface area contributed by atoms with Gasteiger partial charge in [-0.05, 0) is 36.8 Å². The van der Waals surface area contributed by atoms with Gasteiger partial charge in [-0.25, -0.2) is 0 Å². The first-order chi connectivity index (χ1) is 11.1. The van der Waals surface area contributed by atoms with Gasteiger partial charge in [-0.3, -0.25) is 4.90 Å². The largest absolute Gasteiger partial charge is 0.468 e. The molecule has 124 valence electrons. The third kappa shape index (κ3) is 3.89. The predicted octanol–water partition coefficient (Wildman–Crippen LogP) is 4.02. The van der Waals surface area contributed by atoms with E-state index in [1.54, 1.807) is 18.4 Å². The van der Waals surface area contributed by atoms with Gasteiger partial charge in [0.15, 0.2) is 0 Å². The molecule has 2 aromatic rings. The Bertz CT molecular complexity index is 618. The van der Waals surface area contributed by atoms with Crippen molar-refractivity contribution >= 4 is 0 Å². The van der Waals surface area contributed by atoms with Crippen LogP contribution >= 0.6 is 0 Å². The minimum atomic E-state index is -2.83. The fraction of sp³-hybridized carbons (Fsp3) is 0.412. The molecule has 1 saturated heterocycles. The zero-order chi connectivity index (χ0) is 16.2. The van der Waals surface area contributed by atoms with Crippen molar-refractivity contribution in [1.82, 2.24) is 4.90 Å². The molecular formula is C17H19F2NO3. The van der Waals surface area contributed by atoms with Gasteiger partial charge in [0.1, 0.15) is 11.5 Å². The molecule has 0 saturated carbocycles. The van der Waals surface area contributed by atoms with Crippen LogP contribution in [0, 0.1) is 0 Å². The number of alkyl halides is 2. The van der Waals surface area contributed by atoms with Crippen LogP contribution in [-0.4, -0.2) is 31.2 Å². The summed E-state index contributed by atoms with van der Waals surface area (Å²) in [7, 11) is 0. The normalized spacial score (nSPS) is 20.6. The van der Waals surface area contributed by atoms with Gasteiger partial charge in [0, 0.05) is 13.1 Å². The summed E-state index contributed by atoms with van der Waals surface area (Å²) in [6, 6.07) is 10.6. The summed E-state index contributed by atoms with van der Waals surface area (Å²) >= 11 is 0. The molecule has 1 aliphatic rings. The highest BCUT2D eigenvalue weighted by molar-refractivity contribution is 5.30. The summed E-state index contributed by atoms with van der Waals surface area (Å²) < 4.78 is 40.4. The molecule has 0 aliphatic carbocycles. The molecular weight excluding hydrogens is 304 g/mol. The lowest BCUT2D eigenvalue weighted by Gasteiger charge is -2.36. The Morgan fingerprint density at radius 3 is 2.87 bits per heavy atom. The maximum atomic E-state index is 12.3. The van der Waals surface area contributed by atoms with Crippen molar-refractivity contribution in [3.05, 3.63) is 54.0 Å². The molecule has 0 N–H and O–H groups in total. The number of hydrogen-bond donors (Lipinski definition) is 0. The molecule has 0 radical (unpaired) electrons. The molecule has 3 rings (SSSR count). The maximum Gasteiger partial charge on any atom is 0.387 e. The van der Waals surface area contributed by atoms with Crippen molar-refractivity contribution in [2.45, 2.75) is 25.7 Å². The molecule has 4 nitrogen and oxygen atoms in total. The van der Waals surface area contributed by atoms with E-state index in [2.05, 4.69) is 16.6 Å². The summed E-state index contributed by atoms with van der Waals surface area (Å²) in [5.41, 5.74) is 0.833. The van der Waals surface area contributed by atoms with Gasteiger partial charge in [-0.15, -0.1) is 0 Å². The first-order valence-electron chi connectivity index (χ1n) is 7.57. The van der Waals surface area contributed by atoms with Crippen LogP contribution in [-0.2, 0) is 4.74 Å². The molecule has 1 aliphatic heterocycles. The third-order valence-electron chi connectivity index (χ3n) is 4.06. The average molecular weight is 323 g/mol. The maximum absolute atomic E-state index is 12.3. The molecule has 2 heterocycles. The lowest BCUT2D eigenvalue weighted by atomic mass is 10.1. The van der Waals surface area contributed by atoms with E-state index in [4.69, 9.17) is 9.15 Å². The van der Waals surface area contributed by atoms with Crippen LogP contribution in [0.4, 0.5) is 8.78 Å². The zero-order valence-corrected chi connectivity index (χ0v) is 12.8. The fourth-order valence-electron chi connectivity index (χ4n) is 2.82.